The Bertz CT molecular complexity index is 711. The highest BCUT2D eigenvalue weighted by atomic mass is 79.9. The SMILES string of the molecule is CC(C)S(=O)(=O)N[C@H]1CCCC[C@H]1C1(Oc2ccc(Br)cc2)CCCCC1. The minimum absolute atomic E-state index is 0.0281. The van der Waals surface area contributed by atoms with Crippen molar-refractivity contribution in [2.45, 2.75) is 88.5 Å². The second kappa shape index (κ2) is 8.83. The lowest BCUT2D eigenvalue weighted by atomic mass is 9.67. The van der Waals surface area contributed by atoms with Gasteiger partial charge in [-0.25, -0.2) is 13.1 Å². The zero-order chi connectivity index (χ0) is 19.5. The summed E-state index contributed by atoms with van der Waals surface area (Å²) in [4.78, 5) is 0. The molecule has 0 unspecified atom stereocenters. The van der Waals surface area contributed by atoms with Gasteiger partial charge in [-0.1, -0.05) is 35.2 Å². The van der Waals surface area contributed by atoms with Crippen molar-refractivity contribution in [2.75, 3.05) is 0 Å². The average Bonchev–Trinajstić information content (AvgIpc) is 2.64. The molecule has 1 N–H and O–H groups in total. The van der Waals surface area contributed by atoms with Gasteiger partial charge in [0.05, 0.1) is 5.25 Å². The summed E-state index contributed by atoms with van der Waals surface area (Å²) in [5, 5.41) is -0.408. The van der Waals surface area contributed by atoms with E-state index < -0.39 is 15.3 Å². The van der Waals surface area contributed by atoms with Gasteiger partial charge >= 0.3 is 0 Å². The zero-order valence-electron chi connectivity index (χ0n) is 16.4. The van der Waals surface area contributed by atoms with Crippen molar-refractivity contribution in [3.63, 3.8) is 0 Å². The van der Waals surface area contributed by atoms with Crippen LogP contribution >= 0.6 is 15.9 Å². The third-order valence-electron chi connectivity index (χ3n) is 6.21. The monoisotopic (exact) mass is 457 g/mol. The Morgan fingerprint density at radius 2 is 1.67 bits per heavy atom. The van der Waals surface area contributed by atoms with Gasteiger partial charge in [-0.3, -0.25) is 0 Å². The fourth-order valence-electron chi connectivity index (χ4n) is 4.68. The molecule has 0 heterocycles. The highest BCUT2D eigenvalue weighted by molar-refractivity contribution is 9.10. The number of sulfonamides is 1. The lowest BCUT2D eigenvalue weighted by molar-refractivity contribution is -0.0477. The molecule has 0 amide bonds. The standard InChI is InChI=1S/C21H32BrNO3S/c1-16(2)27(24,25)23-20-9-5-4-8-19(20)21(14-6-3-7-15-21)26-18-12-10-17(22)11-13-18/h10-13,16,19-20,23H,3-9,14-15H2,1-2H3/t19-,20+/m1/s1. The van der Waals surface area contributed by atoms with Crippen molar-refractivity contribution < 1.29 is 13.2 Å². The largest absolute Gasteiger partial charge is 0.487 e. The van der Waals surface area contributed by atoms with Gasteiger partial charge in [0.2, 0.25) is 10.0 Å². The van der Waals surface area contributed by atoms with Crippen molar-refractivity contribution in [3.8, 4) is 5.75 Å². The molecule has 0 radical (unpaired) electrons. The Hall–Kier alpha value is -0.590. The molecular formula is C21H32BrNO3S. The average molecular weight is 458 g/mol. The predicted octanol–water partition coefficient (Wildman–Crippen LogP) is 5.42. The Balaban J connectivity index is 1.88. The molecule has 0 saturated heterocycles. The maximum Gasteiger partial charge on any atom is 0.214 e. The third kappa shape index (κ3) is 5.07. The van der Waals surface area contributed by atoms with Gasteiger partial charge in [0.1, 0.15) is 11.4 Å². The first-order chi connectivity index (χ1) is 12.8. The summed E-state index contributed by atoms with van der Waals surface area (Å²) in [5.41, 5.74) is -0.267. The van der Waals surface area contributed by atoms with Crippen LogP contribution in [0.25, 0.3) is 0 Å². The fraction of sp³-hybridized carbons (Fsp3) is 0.714. The summed E-state index contributed by atoms with van der Waals surface area (Å²) in [6.07, 6.45) is 9.71. The van der Waals surface area contributed by atoms with Crippen LogP contribution in [0.1, 0.15) is 71.6 Å². The van der Waals surface area contributed by atoms with Crippen LogP contribution in [0.4, 0.5) is 0 Å². The highest BCUT2D eigenvalue weighted by Crippen LogP contribution is 2.45. The Morgan fingerprint density at radius 3 is 2.30 bits per heavy atom. The summed E-state index contributed by atoms with van der Waals surface area (Å²) >= 11 is 3.48. The van der Waals surface area contributed by atoms with E-state index in [1.165, 1.54) is 6.42 Å². The number of nitrogens with one attached hydrogen (secondary N) is 1. The van der Waals surface area contributed by atoms with E-state index in [1.807, 2.05) is 24.3 Å². The van der Waals surface area contributed by atoms with Crippen molar-refractivity contribution in [1.82, 2.24) is 4.72 Å². The van der Waals surface area contributed by atoms with Crippen LogP contribution in [0.5, 0.6) is 5.75 Å². The molecule has 1 aromatic carbocycles. The van der Waals surface area contributed by atoms with Gasteiger partial charge in [-0.2, -0.15) is 0 Å². The van der Waals surface area contributed by atoms with E-state index in [2.05, 4.69) is 20.7 Å². The van der Waals surface area contributed by atoms with Crippen LogP contribution in [0.2, 0.25) is 0 Å². The van der Waals surface area contributed by atoms with Crippen molar-refractivity contribution in [1.29, 1.82) is 0 Å². The van der Waals surface area contributed by atoms with Crippen molar-refractivity contribution >= 4 is 26.0 Å². The number of rotatable bonds is 6. The van der Waals surface area contributed by atoms with Gasteiger partial charge < -0.3 is 4.74 Å². The second-order valence-corrected chi connectivity index (χ2v) is 11.6. The van der Waals surface area contributed by atoms with E-state index in [-0.39, 0.29) is 17.6 Å². The quantitative estimate of drug-likeness (QED) is 0.620. The summed E-state index contributed by atoms with van der Waals surface area (Å²) in [6.45, 7) is 3.49. The molecule has 3 rings (SSSR count). The number of ether oxygens (including phenoxy) is 1. The molecule has 2 aliphatic rings. The molecule has 0 aliphatic heterocycles. The number of benzene rings is 1. The van der Waals surface area contributed by atoms with E-state index in [0.29, 0.717) is 0 Å². The van der Waals surface area contributed by atoms with Crippen LogP contribution in [-0.2, 0) is 10.0 Å². The maximum atomic E-state index is 12.6. The van der Waals surface area contributed by atoms with E-state index in [0.717, 1.165) is 61.6 Å². The zero-order valence-corrected chi connectivity index (χ0v) is 18.8. The molecule has 2 aliphatic carbocycles. The molecule has 4 nitrogen and oxygen atoms in total. The summed E-state index contributed by atoms with van der Waals surface area (Å²) in [6, 6.07) is 8.00. The smallest absolute Gasteiger partial charge is 0.214 e. The van der Waals surface area contributed by atoms with Gasteiger partial charge in [0.15, 0.2) is 0 Å². The fourth-order valence-corrected chi connectivity index (χ4v) is 5.93. The first-order valence-corrected chi connectivity index (χ1v) is 12.6. The van der Waals surface area contributed by atoms with E-state index in [1.54, 1.807) is 13.8 Å². The molecule has 6 heteroatoms. The molecule has 2 saturated carbocycles. The van der Waals surface area contributed by atoms with Gasteiger partial charge in [0, 0.05) is 16.4 Å². The van der Waals surface area contributed by atoms with Crippen LogP contribution in [-0.4, -0.2) is 25.3 Å². The summed E-state index contributed by atoms with van der Waals surface area (Å²) in [7, 11) is -3.29. The Labute approximate surface area is 172 Å². The molecule has 2 fully saturated rings. The van der Waals surface area contributed by atoms with Crippen molar-refractivity contribution in [3.05, 3.63) is 28.7 Å². The predicted molar refractivity (Wildman–Crippen MR) is 114 cm³/mol. The van der Waals surface area contributed by atoms with E-state index >= 15 is 0 Å². The van der Waals surface area contributed by atoms with E-state index in [9.17, 15) is 8.42 Å². The normalized spacial score (nSPS) is 26.1. The number of hydrogen-bond donors (Lipinski definition) is 1. The molecular weight excluding hydrogens is 426 g/mol. The molecule has 2 atom stereocenters. The van der Waals surface area contributed by atoms with Crippen LogP contribution in [0.15, 0.2) is 28.7 Å². The maximum absolute atomic E-state index is 12.6. The first-order valence-electron chi connectivity index (χ1n) is 10.3. The topological polar surface area (TPSA) is 55.4 Å². The molecule has 1 aromatic rings. The highest BCUT2D eigenvalue weighted by Gasteiger charge is 2.47. The van der Waals surface area contributed by atoms with Crippen LogP contribution in [0.3, 0.4) is 0 Å². The molecule has 27 heavy (non-hydrogen) atoms. The van der Waals surface area contributed by atoms with Crippen LogP contribution < -0.4 is 9.46 Å². The first kappa shape index (κ1) is 21.1. The van der Waals surface area contributed by atoms with Gasteiger partial charge in [0.25, 0.3) is 0 Å². The lowest BCUT2D eigenvalue weighted by Gasteiger charge is -2.48. The lowest BCUT2D eigenvalue weighted by Crippen LogP contribution is -2.56. The molecule has 0 bridgehead atoms. The van der Waals surface area contributed by atoms with Crippen molar-refractivity contribution in [2.24, 2.45) is 5.92 Å². The molecule has 152 valence electrons. The van der Waals surface area contributed by atoms with E-state index in [4.69, 9.17) is 4.74 Å². The van der Waals surface area contributed by atoms with Gasteiger partial charge in [-0.05, 0) is 76.6 Å². The minimum atomic E-state index is -3.29. The Morgan fingerprint density at radius 1 is 1.04 bits per heavy atom. The third-order valence-corrected chi connectivity index (χ3v) is 8.61. The molecule has 0 aromatic heterocycles. The summed E-state index contributed by atoms with van der Waals surface area (Å²) in [5.74, 6) is 1.11. The summed E-state index contributed by atoms with van der Waals surface area (Å²) < 4.78 is 35.9. The van der Waals surface area contributed by atoms with Gasteiger partial charge in [-0.15, -0.1) is 0 Å². The number of hydrogen-bond acceptors (Lipinski definition) is 3. The Kier molecular flexibility index (Phi) is 6.91. The second-order valence-electron chi connectivity index (χ2n) is 8.39. The molecule has 0 spiro atoms. The minimum Gasteiger partial charge on any atom is -0.487 e. The number of halogens is 1. The van der Waals surface area contributed by atoms with Crippen LogP contribution in [0, 0.1) is 5.92 Å².